The highest BCUT2D eigenvalue weighted by atomic mass is 16.5. The number of benzene rings is 2. The molecule has 6 heteroatoms. The molecule has 0 aromatic heterocycles. The molecule has 0 heterocycles. The van der Waals surface area contributed by atoms with Gasteiger partial charge in [-0.2, -0.15) is 0 Å². The van der Waals surface area contributed by atoms with Crippen LogP contribution < -0.4 is 28.4 Å². The minimum absolute atomic E-state index is 0.498. The molecular weight excluding hydrogens is 312 g/mol. The number of methoxy groups -OCH3 is 6. The predicted molar refractivity (Wildman–Crippen MR) is 91.2 cm³/mol. The third kappa shape index (κ3) is 2.99. The van der Waals surface area contributed by atoms with E-state index in [2.05, 4.69) is 0 Å². The van der Waals surface area contributed by atoms with Crippen molar-refractivity contribution in [3.63, 3.8) is 0 Å². The Morgan fingerprint density at radius 3 is 1.50 bits per heavy atom. The summed E-state index contributed by atoms with van der Waals surface area (Å²) in [7, 11) is 9.47. The van der Waals surface area contributed by atoms with E-state index < -0.39 is 0 Å². The molecule has 0 aliphatic rings. The van der Waals surface area contributed by atoms with Gasteiger partial charge in [0.25, 0.3) is 0 Å². The van der Waals surface area contributed by atoms with Gasteiger partial charge in [-0.3, -0.25) is 0 Å². The average molecular weight is 334 g/mol. The van der Waals surface area contributed by atoms with Gasteiger partial charge < -0.3 is 28.4 Å². The van der Waals surface area contributed by atoms with Gasteiger partial charge in [0.1, 0.15) is 17.2 Å². The third-order valence-corrected chi connectivity index (χ3v) is 3.69. The minimum Gasteiger partial charge on any atom is -0.496 e. The standard InChI is InChI=1S/C18H22O6/c1-19-11-9-14(21-3)16(15(10-11)22-4)12-7-8-13(20-2)18(24-6)17(12)23-5/h7-10H,1-6H3. The third-order valence-electron chi connectivity index (χ3n) is 3.69. The summed E-state index contributed by atoms with van der Waals surface area (Å²) >= 11 is 0. The lowest BCUT2D eigenvalue weighted by Crippen LogP contribution is -2.00. The van der Waals surface area contributed by atoms with Crippen LogP contribution >= 0.6 is 0 Å². The van der Waals surface area contributed by atoms with E-state index in [0.717, 1.165) is 11.1 Å². The maximum Gasteiger partial charge on any atom is 0.203 e. The van der Waals surface area contributed by atoms with E-state index in [4.69, 9.17) is 28.4 Å². The molecule has 2 rings (SSSR count). The van der Waals surface area contributed by atoms with Crippen molar-refractivity contribution in [2.45, 2.75) is 0 Å². The number of rotatable bonds is 7. The molecule has 0 amide bonds. The summed E-state index contributed by atoms with van der Waals surface area (Å²) in [4.78, 5) is 0. The SMILES string of the molecule is COc1cc(OC)c(-c2ccc(OC)c(OC)c2OC)c(OC)c1. The summed E-state index contributed by atoms with van der Waals surface area (Å²) in [6.07, 6.45) is 0. The zero-order valence-electron chi connectivity index (χ0n) is 14.8. The Bertz CT molecular complexity index is 686. The fourth-order valence-corrected chi connectivity index (χ4v) is 2.57. The lowest BCUT2D eigenvalue weighted by Gasteiger charge is -2.19. The van der Waals surface area contributed by atoms with Gasteiger partial charge >= 0.3 is 0 Å². The average Bonchev–Trinajstić information content (AvgIpc) is 2.65. The van der Waals surface area contributed by atoms with Crippen LogP contribution in [0.3, 0.4) is 0 Å². The molecule has 0 aliphatic heterocycles. The van der Waals surface area contributed by atoms with Gasteiger partial charge in [-0.05, 0) is 12.1 Å². The second-order valence-electron chi connectivity index (χ2n) is 4.79. The molecular formula is C18H22O6. The van der Waals surface area contributed by atoms with Gasteiger partial charge in [0.15, 0.2) is 11.5 Å². The number of hydrogen-bond donors (Lipinski definition) is 0. The monoisotopic (exact) mass is 334 g/mol. The fraction of sp³-hybridized carbons (Fsp3) is 0.333. The quantitative estimate of drug-likeness (QED) is 0.773. The summed E-state index contributed by atoms with van der Waals surface area (Å²) < 4.78 is 32.7. The second kappa shape index (κ2) is 7.68. The molecule has 0 radical (unpaired) electrons. The van der Waals surface area contributed by atoms with Crippen molar-refractivity contribution in [3.05, 3.63) is 24.3 Å². The van der Waals surface area contributed by atoms with Crippen LogP contribution in [0.4, 0.5) is 0 Å². The van der Waals surface area contributed by atoms with E-state index in [-0.39, 0.29) is 0 Å². The van der Waals surface area contributed by atoms with Crippen molar-refractivity contribution in [1.29, 1.82) is 0 Å². The largest absolute Gasteiger partial charge is 0.496 e. The summed E-state index contributed by atoms with van der Waals surface area (Å²) in [5, 5.41) is 0. The second-order valence-corrected chi connectivity index (χ2v) is 4.79. The van der Waals surface area contributed by atoms with Crippen molar-refractivity contribution in [2.75, 3.05) is 42.7 Å². The van der Waals surface area contributed by atoms with Crippen molar-refractivity contribution in [2.24, 2.45) is 0 Å². The molecule has 0 saturated carbocycles. The van der Waals surface area contributed by atoms with Gasteiger partial charge in [-0.1, -0.05) is 0 Å². The first kappa shape index (κ1) is 17.6. The Hall–Kier alpha value is -2.76. The summed E-state index contributed by atoms with van der Waals surface area (Å²) in [5.41, 5.74) is 1.49. The van der Waals surface area contributed by atoms with Gasteiger partial charge in [0, 0.05) is 17.7 Å². The van der Waals surface area contributed by atoms with Crippen molar-refractivity contribution < 1.29 is 28.4 Å². The highest BCUT2D eigenvalue weighted by Crippen LogP contribution is 2.50. The lowest BCUT2D eigenvalue weighted by atomic mass is 10.0. The molecule has 6 nitrogen and oxygen atoms in total. The molecule has 2 aromatic carbocycles. The van der Waals surface area contributed by atoms with Crippen LogP contribution in [0.15, 0.2) is 24.3 Å². The maximum atomic E-state index is 5.57. The van der Waals surface area contributed by atoms with Crippen molar-refractivity contribution >= 4 is 0 Å². The van der Waals surface area contributed by atoms with Gasteiger partial charge in [0.2, 0.25) is 5.75 Å². The minimum atomic E-state index is 0.498. The highest BCUT2D eigenvalue weighted by Gasteiger charge is 2.23. The summed E-state index contributed by atoms with van der Waals surface area (Å²) in [5.74, 6) is 3.42. The Morgan fingerprint density at radius 2 is 1.08 bits per heavy atom. The fourth-order valence-electron chi connectivity index (χ4n) is 2.57. The van der Waals surface area contributed by atoms with Gasteiger partial charge in [-0.15, -0.1) is 0 Å². The molecule has 0 aliphatic carbocycles. The van der Waals surface area contributed by atoms with Gasteiger partial charge in [0.05, 0.1) is 48.2 Å². The summed E-state index contributed by atoms with van der Waals surface area (Å²) in [6.45, 7) is 0. The van der Waals surface area contributed by atoms with Crippen LogP contribution in [0, 0.1) is 0 Å². The molecule has 130 valence electrons. The topological polar surface area (TPSA) is 55.4 Å². The van der Waals surface area contributed by atoms with Crippen LogP contribution in [0.2, 0.25) is 0 Å². The highest BCUT2D eigenvalue weighted by molar-refractivity contribution is 5.85. The van der Waals surface area contributed by atoms with E-state index in [1.807, 2.05) is 6.07 Å². The molecule has 0 bridgehead atoms. The summed E-state index contributed by atoms with van der Waals surface area (Å²) in [6, 6.07) is 7.24. The molecule has 2 aromatic rings. The van der Waals surface area contributed by atoms with Crippen LogP contribution in [-0.4, -0.2) is 42.7 Å². The molecule has 0 unspecified atom stereocenters. The van der Waals surface area contributed by atoms with E-state index in [1.165, 1.54) is 0 Å². The van der Waals surface area contributed by atoms with Crippen LogP contribution in [-0.2, 0) is 0 Å². The van der Waals surface area contributed by atoms with Crippen LogP contribution in [0.5, 0.6) is 34.5 Å². The molecule has 0 N–H and O–H groups in total. The number of ether oxygens (including phenoxy) is 6. The van der Waals surface area contributed by atoms with E-state index in [0.29, 0.717) is 34.5 Å². The number of hydrogen-bond acceptors (Lipinski definition) is 6. The first-order valence-electron chi connectivity index (χ1n) is 7.24. The Kier molecular flexibility index (Phi) is 5.63. The lowest BCUT2D eigenvalue weighted by molar-refractivity contribution is 0.325. The smallest absolute Gasteiger partial charge is 0.203 e. The van der Waals surface area contributed by atoms with Crippen molar-refractivity contribution in [3.8, 4) is 45.6 Å². The maximum absolute atomic E-state index is 5.57. The molecule has 24 heavy (non-hydrogen) atoms. The first-order valence-corrected chi connectivity index (χ1v) is 7.24. The first-order chi connectivity index (χ1) is 11.6. The Balaban J connectivity index is 2.80. The normalized spacial score (nSPS) is 10.1. The van der Waals surface area contributed by atoms with E-state index in [1.54, 1.807) is 60.9 Å². The Morgan fingerprint density at radius 1 is 0.542 bits per heavy atom. The van der Waals surface area contributed by atoms with E-state index in [9.17, 15) is 0 Å². The molecule has 0 fully saturated rings. The van der Waals surface area contributed by atoms with Gasteiger partial charge in [-0.25, -0.2) is 0 Å². The van der Waals surface area contributed by atoms with Crippen LogP contribution in [0.25, 0.3) is 11.1 Å². The molecule has 0 saturated heterocycles. The zero-order chi connectivity index (χ0) is 17.7. The van der Waals surface area contributed by atoms with Crippen molar-refractivity contribution in [1.82, 2.24) is 0 Å². The predicted octanol–water partition coefficient (Wildman–Crippen LogP) is 3.41. The zero-order valence-corrected chi connectivity index (χ0v) is 14.8. The Labute approximate surface area is 141 Å². The molecule has 0 spiro atoms. The van der Waals surface area contributed by atoms with Crippen LogP contribution in [0.1, 0.15) is 0 Å². The molecule has 0 atom stereocenters. The van der Waals surface area contributed by atoms with E-state index >= 15 is 0 Å².